The van der Waals surface area contributed by atoms with Crippen molar-refractivity contribution in [2.75, 3.05) is 14.1 Å². The van der Waals surface area contributed by atoms with Gasteiger partial charge in [0, 0.05) is 12.1 Å². The number of aliphatic carboxylic acids is 1. The van der Waals surface area contributed by atoms with Crippen molar-refractivity contribution >= 4 is 5.97 Å². The minimum absolute atomic E-state index is 0.0156. The average Bonchev–Trinajstić information content (AvgIpc) is 2.23. The van der Waals surface area contributed by atoms with Gasteiger partial charge in [0.25, 0.3) is 0 Å². The minimum atomic E-state index is -0.965. The SMILES string of the molecule is CC(Cc1cc(F)cc(CN(C)C)c1O)C(=O)O. The number of carboxylic acids is 1. The van der Waals surface area contributed by atoms with E-state index in [0.29, 0.717) is 17.7 Å². The van der Waals surface area contributed by atoms with Gasteiger partial charge in [-0.15, -0.1) is 0 Å². The predicted molar refractivity (Wildman–Crippen MR) is 66.0 cm³/mol. The van der Waals surface area contributed by atoms with Crippen molar-refractivity contribution in [1.29, 1.82) is 0 Å². The van der Waals surface area contributed by atoms with Gasteiger partial charge in [-0.1, -0.05) is 6.92 Å². The van der Waals surface area contributed by atoms with Crippen LogP contribution in [0.4, 0.5) is 4.39 Å². The van der Waals surface area contributed by atoms with Crippen LogP contribution in [0.25, 0.3) is 0 Å². The molecule has 0 aliphatic carbocycles. The van der Waals surface area contributed by atoms with Gasteiger partial charge in [-0.25, -0.2) is 4.39 Å². The maximum absolute atomic E-state index is 13.4. The molecule has 0 aromatic heterocycles. The number of carbonyl (C=O) groups is 1. The lowest BCUT2D eigenvalue weighted by atomic mass is 9.98. The standard InChI is InChI=1S/C13H18FNO3/c1-8(13(17)18)4-9-5-11(14)6-10(12(9)16)7-15(2)3/h5-6,8,16H,4,7H2,1-3H3,(H,17,18). The van der Waals surface area contributed by atoms with Gasteiger partial charge >= 0.3 is 5.97 Å². The largest absolute Gasteiger partial charge is 0.507 e. The molecule has 0 saturated carbocycles. The molecular formula is C13H18FNO3. The van der Waals surface area contributed by atoms with E-state index in [-0.39, 0.29) is 12.2 Å². The Labute approximate surface area is 106 Å². The van der Waals surface area contributed by atoms with Gasteiger partial charge in [0.2, 0.25) is 0 Å². The van der Waals surface area contributed by atoms with Crippen LogP contribution in [-0.2, 0) is 17.8 Å². The second-order valence-electron chi connectivity index (χ2n) is 4.75. The van der Waals surface area contributed by atoms with Crippen molar-refractivity contribution in [2.24, 2.45) is 5.92 Å². The number of nitrogens with zero attached hydrogens (tertiary/aromatic N) is 1. The van der Waals surface area contributed by atoms with Crippen LogP contribution < -0.4 is 0 Å². The third-order valence-electron chi connectivity index (χ3n) is 2.67. The first-order chi connectivity index (χ1) is 8.31. The molecule has 0 radical (unpaired) electrons. The highest BCUT2D eigenvalue weighted by Crippen LogP contribution is 2.27. The molecule has 0 aliphatic heterocycles. The van der Waals surface area contributed by atoms with Crippen LogP contribution >= 0.6 is 0 Å². The first kappa shape index (κ1) is 14.4. The number of benzene rings is 1. The van der Waals surface area contributed by atoms with Crippen LogP contribution in [0.1, 0.15) is 18.1 Å². The third-order valence-corrected chi connectivity index (χ3v) is 2.67. The zero-order chi connectivity index (χ0) is 13.9. The summed E-state index contributed by atoms with van der Waals surface area (Å²) in [6.07, 6.45) is 0.110. The molecule has 0 aliphatic rings. The average molecular weight is 255 g/mol. The summed E-state index contributed by atoms with van der Waals surface area (Å²) in [6.45, 7) is 1.93. The highest BCUT2D eigenvalue weighted by molar-refractivity contribution is 5.70. The molecule has 0 heterocycles. The minimum Gasteiger partial charge on any atom is -0.507 e. The number of phenolic OH excluding ortho intramolecular Hbond substituents is 1. The van der Waals surface area contributed by atoms with E-state index in [1.54, 1.807) is 4.90 Å². The van der Waals surface area contributed by atoms with Gasteiger partial charge in [0.05, 0.1) is 5.92 Å². The number of hydrogen-bond donors (Lipinski definition) is 2. The van der Waals surface area contributed by atoms with Crippen molar-refractivity contribution in [3.63, 3.8) is 0 Å². The van der Waals surface area contributed by atoms with Gasteiger partial charge in [0.15, 0.2) is 0 Å². The highest BCUT2D eigenvalue weighted by Gasteiger charge is 2.17. The number of phenols is 1. The molecule has 0 bridgehead atoms. The molecule has 4 nitrogen and oxygen atoms in total. The fourth-order valence-electron chi connectivity index (χ4n) is 1.75. The van der Waals surface area contributed by atoms with Crippen LogP contribution in [0.3, 0.4) is 0 Å². The quantitative estimate of drug-likeness (QED) is 0.843. The van der Waals surface area contributed by atoms with Crippen molar-refractivity contribution in [3.8, 4) is 5.75 Å². The van der Waals surface area contributed by atoms with E-state index in [4.69, 9.17) is 5.11 Å². The van der Waals surface area contributed by atoms with Gasteiger partial charge in [-0.3, -0.25) is 4.79 Å². The van der Waals surface area contributed by atoms with Crippen LogP contribution in [0.15, 0.2) is 12.1 Å². The Morgan fingerprint density at radius 3 is 2.44 bits per heavy atom. The summed E-state index contributed by atoms with van der Waals surface area (Å²) in [6, 6.07) is 2.46. The molecule has 1 aromatic carbocycles. The van der Waals surface area contributed by atoms with Gasteiger partial charge < -0.3 is 15.1 Å². The molecule has 5 heteroatoms. The Balaban J connectivity index is 3.04. The van der Waals surface area contributed by atoms with E-state index in [0.717, 1.165) is 0 Å². The van der Waals surface area contributed by atoms with Crippen LogP contribution in [0, 0.1) is 11.7 Å². The Morgan fingerprint density at radius 1 is 1.39 bits per heavy atom. The fraction of sp³-hybridized carbons (Fsp3) is 0.462. The molecule has 0 amide bonds. The summed E-state index contributed by atoms with van der Waals surface area (Å²) in [4.78, 5) is 12.6. The van der Waals surface area contributed by atoms with Gasteiger partial charge in [0.1, 0.15) is 11.6 Å². The van der Waals surface area contributed by atoms with Crippen LogP contribution in [-0.4, -0.2) is 35.2 Å². The maximum Gasteiger partial charge on any atom is 0.306 e. The van der Waals surface area contributed by atoms with E-state index in [2.05, 4.69) is 0 Å². The molecular weight excluding hydrogens is 237 g/mol. The lowest BCUT2D eigenvalue weighted by Crippen LogP contribution is -2.14. The molecule has 2 N–H and O–H groups in total. The summed E-state index contributed by atoms with van der Waals surface area (Å²) in [5, 5.41) is 18.8. The van der Waals surface area contributed by atoms with Gasteiger partial charge in [-0.2, -0.15) is 0 Å². The summed E-state index contributed by atoms with van der Waals surface area (Å²) in [7, 11) is 3.62. The summed E-state index contributed by atoms with van der Waals surface area (Å²) >= 11 is 0. The summed E-state index contributed by atoms with van der Waals surface area (Å²) < 4.78 is 13.4. The van der Waals surface area contributed by atoms with E-state index in [9.17, 15) is 14.3 Å². The molecule has 0 saturated heterocycles. The molecule has 0 fully saturated rings. The topological polar surface area (TPSA) is 60.8 Å². The molecule has 1 rings (SSSR count). The highest BCUT2D eigenvalue weighted by atomic mass is 19.1. The summed E-state index contributed by atoms with van der Waals surface area (Å²) in [5.74, 6) is -2.10. The summed E-state index contributed by atoms with van der Waals surface area (Å²) in [5.41, 5.74) is 0.800. The Morgan fingerprint density at radius 2 is 1.94 bits per heavy atom. The number of aromatic hydroxyl groups is 1. The smallest absolute Gasteiger partial charge is 0.306 e. The van der Waals surface area contributed by atoms with E-state index < -0.39 is 17.7 Å². The van der Waals surface area contributed by atoms with Crippen LogP contribution in [0.2, 0.25) is 0 Å². The molecule has 0 spiro atoms. The molecule has 1 aromatic rings. The monoisotopic (exact) mass is 255 g/mol. The number of rotatable bonds is 5. The predicted octanol–water partition coefficient (Wildman–Crippen LogP) is 1.86. The second-order valence-corrected chi connectivity index (χ2v) is 4.75. The van der Waals surface area contributed by atoms with E-state index >= 15 is 0 Å². The fourth-order valence-corrected chi connectivity index (χ4v) is 1.75. The first-order valence-corrected chi connectivity index (χ1v) is 5.69. The van der Waals surface area contributed by atoms with Crippen LogP contribution in [0.5, 0.6) is 5.75 Å². The van der Waals surface area contributed by atoms with E-state index in [1.165, 1.54) is 19.1 Å². The molecule has 18 heavy (non-hydrogen) atoms. The molecule has 1 unspecified atom stereocenters. The normalized spacial score (nSPS) is 12.7. The second kappa shape index (κ2) is 5.82. The van der Waals surface area contributed by atoms with Crippen molar-refractivity contribution < 1.29 is 19.4 Å². The zero-order valence-corrected chi connectivity index (χ0v) is 10.8. The molecule has 1 atom stereocenters. The Hall–Kier alpha value is -1.62. The number of halogens is 1. The third kappa shape index (κ3) is 3.70. The molecule has 100 valence electrons. The zero-order valence-electron chi connectivity index (χ0n) is 10.8. The Bertz CT molecular complexity index is 446. The number of carboxylic acid groups (broad SMARTS) is 1. The Kier molecular flexibility index (Phi) is 4.67. The van der Waals surface area contributed by atoms with E-state index in [1.807, 2.05) is 14.1 Å². The van der Waals surface area contributed by atoms with Crippen molar-refractivity contribution in [2.45, 2.75) is 19.9 Å². The van der Waals surface area contributed by atoms with Crippen molar-refractivity contribution in [1.82, 2.24) is 4.90 Å². The van der Waals surface area contributed by atoms with Crippen molar-refractivity contribution in [3.05, 3.63) is 29.1 Å². The lowest BCUT2D eigenvalue weighted by Gasteiger charge is -2.15. The maximum atomic E-state index is 13.4. The number of hydrogen-bond acceptors (Lipinski definition) is 3. The van der Waals surface area contributed by atoms with Gasteiger partial charge in [-0.05, 0) is 38.2 Å². The first-order valence-electron chi connectivity index (χ1n) is 5.69. The lowest BCUT2D eigenvalue weighted by molar-refractivity contribution is -0.141.